The van der Waals surface area contributed by atoms with Crippen LogP contribution in [0.5, 0.6) is 0 Å². The molecule has 1 aromatic carbocycles. The van der Waals surface area contributed by atoms with Gasteiger partial charge in [-0.2, -0.15) is 0 Å². The number of azide groups is 1. The Morgan fingerprint density at radius 2 is 1.37 bits per heavy atom. The van der Waals surface area contributed by atoms with Crippen LogP contribution in [0, 0.1) is 0 Å². The lowest BCUT2D eigenvalue weighted by Gasteiger charge is -2.26. The van der Waals surface area contributed by atoms with Gasteiger partial charge in [-0.1, -0.05) is 48.3 Å². The first kappa shape index (κ1) is 46.1. The molecule has 5 atom stereocenters. The number of nitrogens with one attached hydrogen (secondary N) is 5. The highest BCUT2D eigenvalue weighted by Gasteiger charge is 2.31. The van der Waals surface area contributed by atoms with Gasteiger partial charge in [-0.05, 0) is 56.0 Å². The predicted molar refractivity (Wildman–Crippen MR) is 198 cm³/mol. The van der Waals surface area contributed by atoms with Gasteiger partial charge in [-0.3, -0.25) is 38.6 Å². The zero-order chi connectivity index (χ0) is 40.3. The van der Waals surface area contributed by atoms with Gasteiger partial charge in [-0.25, -0.2) is 0 Å². The van der Waals surface area contributed by atoms with E-state index in [1.54, 1.807) is 30.3 Å². The van der Waals surface area contributed by atoms with E-state index in [-0.39, 0.29) is 57.0 Å². The number of carboxylic acid groups (broad SMARTS) is 1. The topological polar surface area (TPSA) is 365 Å². The Kier molecular flexibility index (Phi) is 22.8. The van der Waals surface area contributed by atoms with Crippen molar-refractivity contribution in [3.05, 3.63) is 46.3 Å². The third kappa shape index (κ3) is 20.2. The van der Waals surface area contributed by atoms with Crippen molar-refractivity contribution in [2.75, 3.05) is 19.6 Å². The number of benzene rings is 1. The number of nitrogens with zero attached hydrogens (tertiary/aromatic N) is 4. The molecule has 54 heavy (non-hydrogen) atoms. The maximum absolute atomic E-state index is 13.8. The summed E-state index contributed by atoms with van der Waals surface area (Å²) in [6.07, 6.45) is 2.97. The van der Waals surface area contributed by atoms with Crippen molar-refractivity contribution in [1.29, 1.82) is 0 Å². The number of hydrogen-bond acceptors (Lipinski definition) is 10. The highest BCUT2D eigenvalue weighted by Crippen LogP contribution is 2.09. The van der Waals surface area contributed by atoms with Gasteiger partial charge in [0.1, 0.15) is 24.2 Å². The van der Waals surface area contributed by atoms with E-state index >= 15 is 0 Å². The molecule has 0 aliphatic heterocycles. The molecule has 0 aliphatic rings. The Morgan fingerprint density at radius 1 is 0.759 bits per heavy atom. The molecular weight excluding hydrogens is 706 g/mol. The number of carbonyl (C=O) groups excluding carboxylic acids is 6. The molecular formula is C33H53N13O8. The van der Waals surface area contributed by atoms with E-state index in [4.69, 9.17) is 28.5 Å². The Balaban J connectivity index is 3.11. The van der Waals surface area contributed by atoms with Crippen molar-refractivity contribution >= 4 is 47.9 Å². The fourth-order valence-electron chi connectivity index (χ4n) is 5.13. The Hall–Kier alpha value is -5.95. The number of aliphatic imine (C=N–C) groups is 1. The van der Waals surface area contributed by atoms with E-state index < -0.39 is 66.2 Å². The van der Waals surface area contributed by atoms with E-state index in [0.29, 0.717) is 44.2 Å². The summed E-state index contributed by atoms with van der Waals surface area (Å²) < 4.78 is 0. The van der Waals surface area contributed by atoms with E-state index in [9.17, 15) is 38.7 Å². The molecule has 1 aromatic rings. The number of aliphatic carboxylic acids is 1. The monoisotopic (exact) mass is 759 g/mol. The van der Waals surface area contributed by atoms with Gasteiger partial charge < -0.3 is 54.6 Å². The normalized spacial score (nSPS) is 13.3. The van der Waals surface area contributed by atoms with Crippen LogP contribution in [-0.2, 0) is 40.0 Å². The van der Waals surface area contributed by atoms with Crippen molar-refractivity contribution in [3.63, 3.8) is 0 Å². The first-order valence-electron chi connectivity index (χ1n) is 17.5. The summed E-state index contributed by atoms with van der Waals surface area (Å²) in [6.45, 7) is 0.744. The summed E-state index contributed by atoms with van der Waals surface area (Å²) in [7, 11) is 0. The first-order chi connectivity index (χ1) is 25.8. The van der Waals surface area contributed by atoms with Crippen LogP contribution in [-0.4, -0.2) is 103 Å². The molecule has 0 unspecified atom stereocenters. The Morgan fingerprint density at radius 3 is 2.00 bits per heavy atom. The van der Waals surface area contributed by atoms with E-state index in [1.807, 2.05) is 0 Å². The third-order valence-electron chi connectivity index (χ3n) is 8.01. The van der Waals surface area contributed by atoms with Crippen LogP contribution >= 0.6 is 0 Å². The molecule has 0 spiro atoms. The second-order valence-electron chi connectivity index (χ2n) is 12.4. The van der Waals surface area contributed by atoms with Crippen LogP contribution in [0.1, 0.15) is 69.8 Å². The average molecular weight is 760 g/mol. The minimum atomic E-state index is -1.49. The fraction of sp³-hybridized carbons (Fsp3) is 0.576. The number of primary amides is 1. The molecule has 0 radical (unpaired) electrons. The van der Waals surface area contributed by atoms with Crippen LogP contribution in [0.25, 0.3) is 10.4 Å². The molecule has 0 bridgehead atoms. The third-order valence-corrected chi connectivity index (χ3v) is 8.01. The van der Waals surface area contributed by atoms with Gasteiger partial charge in [0.25, 0.3) is 0 Å². The van der Waals surface area contributed by atoms with Gasteiger partial charge >= 0.3 is 5.97 Å². The van der Waals surface area contributed by atoms with Crippen LogP contribution in [0.4, 0.5) is 0 Å². The Labute approximate surface area is 312 Å². The van der Waals surface area contributed by atoms with Crippen molar-refractivity contribution in [2.24, 2.45) is 33.0 Å². The SMILES string of the molecule is [N-]=[N+]=NCCCCC[C@@H](N)C(=O)NCCCC[C@H](NC(=O)[C@@H](Cc1ccccc1)NC(=O)[C@H](CC(=O)O)NC=O)C(=O)N[C@@H](CCCN=C(N)N)C(N)=O. The zero-order valence-electron chi connectivity index (χ0n) is 30.2. The summed E-state index contributed by atoms with van der Waals surface area (Å²) >= 11 is 0. The number of hydrogen-bond donors (Lipinski definition) is 10. The molecule has 6 amide bonds. The fourth-order valence-corrected chi connectivity index (χ4v) is 5.13. The molecule has 0 aliphatic carbocycles. The van der Waals surface area contributed by atoms with E-state index in [1.165, 1.54) is 0 Å². The molecule has 0 fully saturated rings. The molecule has 0 aromatic heterocycles. The number of nitrogens with two attached hydrogens (primary N) is 4. The van der Waals surface area contributed by atoms with Gasteiger partial charge in [-0.15, -0.1) is 0 Å². The summed E-state index contributed by atoms with van der Waals surface area (Å²) in [4.78, 5) is 94.0. The lowest BCUT2D eigenvalue weighted by atomic mass is 10.0. The van der Waals surface area contributed by atoms with Crippen molar-refractivity contribution < 1.29 is 38.7 Å². The molecule has 1 rings (SSSR count). The molecule has 14 N–H and O–H groups in total. The number of unbranched alkanes of at least 4 members (excludes halogenated alkanes) is 3. The summed E-state index contributed by atoms with van der Waals surface area (Å²) in [5.74, 6) is -5.23. The number of guanidine groups is 1. The summed E-state index contributed by atoms with van der Waals surface area (Å²) in [5.41, 5.74) is 31.2. The highest BCUT2D eigenvalue weighted by molar-refractivity contribution is 5.95. The zero-order valence-corrected chi connectivity index (χ0v) is 30.2. The Bertz CT molecular complexity index is 1450. The van der Waals surface area contributed by atoms with Gasteiger partial charge in [0.2, 0.25) is 35.9 Å². The average Bonchev–Trinajstić information content (AvgIpc) is 3.12. The second-order valence-corrected chi connectivity index (χ2v) is 12.4. The van der Waals surface area contributed by atoms with Gasteiger partial charge in [0.05, 0.1) is 12.5 Å². The minimum absolute atomic E-state index is 0.0322. The van der Waals surface area contributed by atoms with Gasteiger partial charge in [0, 0.05) is 31.0 Å². The van der Waals surface area contributed by atoms with Crippen molar-refractivity contribution in [2.45, 2.75) is 101 Å². The van der Waals surface area contributed by atoms with Crippen LogP contribution < -0.4 is 49.5 Å². The molecule has 21 nitrogen and oxygen atoms in total. The number of rotatable bonds is 29. The second kappa shape index (κ2) is 26.8. The minimum Gasteiger partial charge on any atom is -0.481 e. The lowest BCUT2D eigenvalue weighted by Crippen LogP contribution is -2.58. The summed E-state index contributed by atoms with van der Waals surface area (Å²) in [6, 6.07) is 2.60. The molecule has 21 heteroatoms. The van der Waals surface area contributed by atoms with Crippen LogP contribution in [0.15, 0.2) is 40.4 Å². The van der Waals surface area contributed by atoms with Crippen LogP contribution in [0.3, 0.4) is 0 Å². The van der Waals surface area contributed by atoms with Gasteiger partial charge in [0.15, 0.2) is 5.96 Å². The number of carboxylic acids is 1. The highest BCUT2D eigenvalue weighted by atomic mass is 16.4. The predicted octanol–water partition coefficient (Wildman–Crippen LogP) is -1.70. The number of amides is 6. The standard InChI is InChI=1S/C33H53N13O8/c34-22(12-5-2-7-17-42-46-38)29(51)39-15-8-6-13-24(30(52)43-23(28(35)50)14-9-16-40-33(36)37)44-32(54)26(18-21-10-3-1-4-11-21)45-31(53)25(41-20-47)19-27(48)49/h1,3-4,10-11,20,22-26H,2,5-9,12-19,34H2,(H2,35,50)(H,39,51)(H,41,47)(H,43,52)(H,44,54)(H,45,53)(H,48,49)(H4,36,37,40)/t22-,23+,24+,25+,26-/m1/s1. The quantitative estimate of drug-likeness (QED) is 0.00834. The maximum atomic E-state index is 13.8. The molecule has 0 saturated carbocycles. The maximum Gasteiger partial charge on any atom is 0.305 e. The van der Waals surface area contributed by atoms with E-state index in [0.717, 1.165) is 6.42 Å². The molecule has 298 valence electrons. The van der Waals surface area contributed by atoms with E-state index in [2.05, 4.69) is 41.6 Å². The van der Waals surface area contributed by atoms with Crippen molar-refractivity contribution in [3.8, 4) is 0 Å². The lowest BCUT2D eigenvalue weighted by molar-refractivity contribution is -0.140. The first-order valence-corrected chi connectivity index (χ1v) is 17.5. The van der Waals surface area contributed by atoms with Crippen molar-refractivity contribution in [1.82, 2.24) is 26.6 Å². The largest absolute Gasteiger partial charge is 0.481 e. The summed E-state index contributed by atoms with van der Waals surface area (Å²) in [5, 5.41) is 25.2. The smallest absolute Gasteiger partial charge is 0.305 e. The molecule has 0 saturated heterocycles. The molecule has 0 heterocycles. The number of carbonyl (C=O) groups is 7. The van der Waals surface area contributed by atoms with Crippen LogP contribution in [0.2, 0.25) is 0 Å².